The quantitative estimate of drug-likeness (QED) is 0.374. The Labute approximate surface area is 197 Å². The van der Waals surface area contributed by atoms with Gasteiger partial charge in [-0.15, -0.1) is 9.50 Å². The second-order valence-electron chi connectivity index (χ2n) is 7.77. The number of nitrogens with one attached hydrogen (secondary N) is 1. The molecule has 0 bridgehead atoms. The van der Waals surface area contributed by atoms with Gasteiger partial charge in [0.15, 0.2) is 6.39 Å². The number of nitrogens with zero attached hydrogens (tertiary/aromatic N) is 5. The molecule has 0 unspecified atom stereocenters. The van der Waals surface area contributed by atoms with E-state index in [9.17, 15) is 14.3 Å². The number of ether oxygens (including phenoxy) is 1. The first-order valence-corrected chi connectivity index (χ1v) is 10.5. The number of oxazole rings is 1. The smallest absolute Gasteiger partial charge is 0.411 e. The highest BCUT2D eigenvalue weighted by Crippen LogP contribution is 2.34. The first-order valence-electron chi connectivity index (χ1n) is 10.5. The summed E-state index contributed by atoms with van der Waals surface area (Å²) in [4.78, 5) is 24.7. The number of pyridine rings is 1. The minimum absolute atomic E-state index is 0.0274. The molecule has 5 rings (SSSR count). The standard InChI is InChI=1S/C23H20FN7O4/c1-12-17(26-11-35-12)9-30-23(33)31-21(29-30)19(14-7-16(10-32)27-18(8-14)34-2)20(28-22(31)25)13-3-5-15(24)6-4-13/h3-8,11,32H,9-10H2,1-2H3,(H2,25,28)/p+1. The topological polar surface area (TPSA) is 148 Å². The van der Waals surface area contributed by atoms with Crippen LogP contribution in [0.15, 0.2) is 52.0 Å². The summed E-state index contributed by atoms with van der Waals surface area (Å²) in [5.41, 5.74) is 9.03. The maximum atomic E-state index is 13.7. The number of aliphatic hydroxyl groups is 1. The molecule has 35 heavy (non-hydrogen) atoms. The third-order valence-corrected chi connectivity index (χ3v) is 5.60. The van der Waals surface area contributed by atoms with Crippen LogP contribution in [0.5, 0.6) is 5.88 Å². The SMILES string of the molecule is COc1cc(-c2c(-c3ccc(F)cc3)[nH+]c(N)n3c(=O)n(Cc4ncoc4C)nc23)cc(CO)n1. The van der Waals surface area contributed by atoms with Crippen LogP contribution in [0.4, 0.5) is 10.3 Å². The molecule has 178 valence electrons. The van der Waals surface area contributed by atoms with Gasteiger partial charge in [0.1, 0.15) is 23.0 Å². The summed E-state index contributed by atoms with van der Waals surface area (Å²) in [6.07, 6.45) is 1.30. The van der Waals surface area contributed by atoms with Crippen LogP contribution in [0, 0.1) is 12.7 Å². The lowest BCUT2D eigenvalue weighted by molar-refractivity contribution is -0.351. The lowest BCUT2D eigenvalue weighted by Crippen LogP contribution is -2.28. The van der Waals surface area contributed by atoms with Crippen LogP contribution in [0.1, 0.15) is 17.1 Å². The van der Waals surface area contributed by atoms with Crippen molar-refractivity contribution < 1.29 is 23.6 Å². The molecule has 12 heteroatoms. The maximum Gasteiger partial charge on any atom is 0.411 e. The minimum atomic E-state index is -0.494. The summed E-state index contributed by atoms with van der Waals surface area (Å²) in [5.74, 6) is 0.444. The highest BCUT2D eigenvalue weighted by Gasteiger charge is 2.27. The predicted octanol–water partition coefficient (Wildman–Crippen LogP) is 1.61. The van der Waals surface area contributed by atoms with Crippen molar-refractivity contribution in [3.63, 3.8) is 0 Å². The van der Waals surface area contributed by atoms with Crippen molar-refractivity contribution in [2.75, 3.05) is 12.8 Å². The van der Waals surface area contributed by atoms with E-state index in [2.05, 4.69) is 20.1 Å². The number of rotatable bonds is 6. The third-order valence-electron chi connectivity index (χ3n) is 5.60. The Morgan fingerprint density at radius 1 is 1.23 bits per heavy atom. The number of aromatic amines is 1. The number of H-pyrrole nitrogens is 1. The van der Waals surface area contributed by atoms with Gasteiger partial charge < -0.3 is 14.3 Å². The molecule has 4 aromatic heterocycles. The fourth-order valence-electron chi connectivity index (χ4n) is 3.87. The summed E-state index contributed by atoms with van der Waals surface area (Å²) in [7, 11) is 1.46. The maximum absolute atomic E-state index is 13.7. The Morgan fingerprint density at radius 3 is 2.66 bits per heavy atom. The van der Waals surface area contributed by atoms with E-state index in [1.54, 1.807) is 31.2 Å². The van der Waals surface area contributed by atoms with Gasteiger partial charge in [-0.1, -0.05) is 0 Å². The molecule has 11 nitrogen and oxygen atoms in total. The van der Waals surface area contributed by atoms with Gasteiger partial charge in [0, 0.05) is 11.6 Å². The van der Waals surface area contributed by atoms with E-state index in [1.165, 1.54) is 34.7 Å². The Bertz CT molecular complexity index is 1580. The summed E-state index contributed by atoms with van der Waals surface area (Å²) in [6, 6.07) is 9.10. The van der Waals surface area contributed by atoms with E-state index in [-0.39, 0.29) is 30.6 Å². The van der Waals surface area contributed by atoms with Gasteiger partial charge in [-0.05, 0) is 42.8 Å². The van der Waals surface area contributed by atoms with E-state index in [0.717, 1.165) is 0 Å². The molecule has 0 aliphatic heterocycles. The predicted molar refractivity (Wildman–Crippen MR) is 122 cm³/mol. The van der Waals surface area contributed by atoms with Gasteiger partial charge in [0.25, 0.3) is 0 Å². The second-order valence-corrected chi connectivity index (χ2v) is 7.77. The Kier molecular flexibility index (Phi) is 5.49. The fourth-order valence-corrected chi connectivity index (χ4v) is 3.87. The number of benzene rings is 1. The average molecular weight is 478 g/mol. The molecule has 0 saturated carbocycles. The number of aliphatic hydroxyl groups excluding tert-OH is 1. The van der Waals surface area contributed by atoms with Gasteiger partial charge in [0.05, 0.1) is 31.5 Å². The third kappa shape index (κ3) is 3.89. The van der Waals surface area contributed by atoms with Crippen LogP contribution in [0.25, 0.3) is 28.0 Å². The number of hydrogen-bond donors (Lipinski definition) is 2. The van der Waals surface area contributed by atoms with Crippen LogP contribution in [-0.2, 0) is 13.2 Å². The van der Waals surface area contributed by atoms with Crippen LogP contribution >= 0.6 is 0 Å². The van der Waals surface area contributed by atoms with Gasteiger partial charge >= 0.3 is 11.6 Å². The van der Waals surface area contributed by atoms with Crippen molar-refractivity contribution in [2.24, 2.45) is 0 Å². The summed E-state index contributed by atoms with van der Waals surface area (Å²) < 4.78 is 26.7. The number of halogens is 1. The number of hydrogen-bond acceptors (Lipinski definition) is 8. The number of fused-ring (bicyclic) bond motifs is 1. The molecule has 5 aromatic rings. The molecule has 0 aliphatic rings. The van der Waals surface area contributed by atoms with Crippen LogP contribution in [0.3, 0.4) is 0 Å². The molecular weight excluding hydrogens is 457 g/mol. The monoisotopic (exact) mass is 478 g/mol. The molecule has 0 atom stereocenters. The lowest BCUT2D eigenvalue weighted by atomic mass is 10.00. The van der Waals surface area contributed by atoms with Gasteiger partial charge in [-0.3, -0.25) is 5.73 Å². The van der Waals surface area contributed by atoms with Crippen molar-refractivity contribution >= 4 is 11.6 Å². The molecule has 1 aromatic carbocycles. The number of methoxy groups -OCH3 is 1. The Hall–Kier alpha value is -4.58. The number of anilines is 1. The van der Waals surface area contributed by atoms with Crippen molar-refractivity contribution in [1.82, 2.24) is 24.1 Å². The second kappa shape index (κ2) is 8.65. The highest BCUT2D eigenvalue weighted by atomic mass is 19.1. The zero-order valence-electron chi connectivity index (χ0n) is 18.8. The fraction of sp³-hybridized carbons (Fsp3) is 0.174. The molecule has 0 aliphatic carbocycles. The first-order chi connectivity index (χ1) is 16.9. The van der Waals surface area contributed by atoms with E-state index in [4.69, 9.17) is 14.9 Å². The van der Waals surface area contributed by atoms with Gasteiger partial charge in [-0.2, -0.15) is 4.68 Å². The number of aromatic nitrogens is 6. The Morgan fingerprint density at radius 2 is 2.00 bits per heavy atom. The van der Waals surface area contributed by atoms with Crippen molar-refractivity contribution in [1.29, 1.82) is 0 Å². The summed E-state index contributed by atoms with van der Waals surface area (Å²) in [6.45, 7) is 1.47. The molecule has 0 radical (unpaired) electrons. The summed E-state index contributed by atoms with van der Waals surface area (Å²) in [5, 5.41) is 14.3. The van der Waals surface area contributed by atoms with Crippen molar-refractivity contribution in [2.45, 2.75) is 20.1 Å². The minimum Gasteiger partial charge on any atom is -0.481 e. The van der Waals surface area contributed by atoms with Crippen LogP contribution < -0.4 is 21.1 Å². The normalized spacial score (nSPS) is 11.3. The number of aryl methyl sites for hydroxylation is 1. The lowest BCUT2D eigenvalue weighted by Gasteiger charge is -2.11. The molecular formula is C23H21FN7O4+. The molecule has 0 spiro atoms. The van der Waals surface area contributed by atoms with Crippen molar-refractivity contribution in [3.8, 4) is 28.3 Å². The molecule has 0 fully saturated rings. The van der Waals surface area contributed by atoms with Crippen LogP contribution in [-0.4, -0.2) is 36.4 Å². The van der Waals surface area contributed by atoms with E-state index < -0.39 is 11.5 Å². The van der Waals surface area contributed by atoms with E-state index >= 15 is 0 Å². The molecule has 0 amide bonds. The largest absolute Gasteiger partial charge is 0.481 e. The first kappa shape index (κ1) is 22.2. The van der Waals surface area contributed by atoms with Crippen molar-refractivity contribution in [3.05, 3.63) is 76.2 Å². The average Bonchev–Trinajstić information content (AvgIpc) is 3.41. The Balaban J connectivity index is 1.84. The summed E-state index contributed by atoms with van der Waals surface area (Å²) >= 11 is 0. The highest BCUT2D eigenvalue weighted by molar-refractivity contribution is 5.89. The van der Waals surface area contributed by atoms with Gasteiger partial charge in [0.2, 0.25) is 11.5 Å². The zero-order valence-corrected chi connectivity index (χ0v) is 18.8. The van der Waals surface area contributed by atoms with Crippen LogP contribution in [0.2, 0.25) is 0 Å². The van der Waals surface area contributed by atoms with E-state index in [1.807, 2.05) is 0 Å². The van der Waals surface area contributed by atoms with Gasteiger partial charge in [-0.25, -0.2) is 24.1 Å². The zero-order chi connectivity index (χ0) is 24.7. The van der Waals surface area contributed by atoms with E-state index in [0.29, 0.717) is 39.5 Å². The molecule has 0 saturated heterocycles. The number of nitrogen functional groups attached to an aromatic ring is 1. The molecule has 4 N–H and O–H groups in total. The number of nitrogens with two attached hydrogens (primary N) is 1. The molecule has 4 heterocycles.